The molecule has 0 heterocycles. The third-order valence-electron chi connectivity index (χ3n) is 18.0. The van der Waals surface area contributed by atoms with Gasteiger partial charge < -0.3 is 20.4 Å². The number of benzene rings is 4. The number of hydrogen-bond donors (Lipinski definition) is 4. The van der Waals surface area contributed by atoms with Gasteiger partial charge in [0.2, 0.25) is 0 Å². The number of hydrogen-bond acceptors (Lipinski definition) is 12. The molecule has 2 radical (unpaired) electrons. The van der Waals surface area contributed by atoms with Crippen LogP contribution in [-0.4, -0.2) is 90.6 Å². The second-order valence-electron chi connectivity index (χ2n) is 34.4. The Morgan fingerprint density at radius 2 is 0.367 bits per heavy atom. The molecule has 4 aliphatic rings. The Balaban J connectivity index is 0.000000347. The third kappa shape index (κ3) is 17.2. The molecule has 12 nitrogen and oxygen atoms in total. The Hall–Kier alpha value is -7.60. The quantitative estimate of drug-likeness (QED) is 0.0888. The minimum atomic E-state index is -1.39. The van der Waals surface area contributed by atoms with E-state index in [0.717, 1.165) is 0 Å². The maximum absolute atomic E-state index is 14.4. The molecule has 14 heteroatoms. The van der Waals surface area contributed by atoms with Crippen molar-refractivity contribution in [1.29, 1.82) is 0 Å². The second kappa shape index (κ2) is 28.6. The monoisotopic (exact) mass is 1420 g/mol. The van der Waals surface area contributed by atoms with Crippen LogP contribution < -0.4 is 0 Å². The van der Waals surface area contributed by atoms with Gasteiger partial charge in [-0.15, -0.1) is 0 Å². The van der Waals surface area contributed by atoms with Gasteiger partial charge in [0.15, 0.2) is 23.1 Å². The van der Waals surface area contributed by atoms with Crippen molar-refractivity contribution in [2.24, 2.45) is 63.3 Å². The summed E-state index contributed by atoms with van der Waals surface area (Å²) in [6.07, 6.45) is 21.8. The van der Waals surface area contributed by atoms with E-state index in [-0.39, 0.29) is 80.3 Å². The molecule has 4 aromatic carbocycles. The zero-order valence-electron chi connectivity index (χ0n) is 62.0. The molecule has 0 saturated carbocycles. The van der Waals surface area contributed by atoms with Crippen molar-refractivity contribution in [2.45, 2.75) is 188 Å². The zero-order chi connectivity index (χ0) is 72.2. The van der Waals surface area contributed by atoms with Crippen LogP contribution in [0.5, 0.6) is 23.0 Å². The van der Waals surface area contributed by atoms with Crippen LogP contribution in [0.1, 0.15) is 188 Å². The minimum Gasteiger partial charge on any atom is -0.507 e. The fraction of sp³-hybridized carbons (Fsp3) is 0.429. The van der Waals surface area contributed by atoms with Crippen LogP contribution in [0.4, 0.5) is 0 Å². The Bertz CT molecular complexity index is 3480. The standard InChI is InChI=1S/2C42H52N2O4.2Cu/c2*1-37(2,3)29-21-41(22-30(35(29)47)38(4,5)6,43-25-27-17-13-15-19-33(27)45)42(44-26-28-18-14-16-20-34(28)46)23-31(39(7,8)9)36(48)32(24-42)40(10,11)12;;/h2*13-26,45-46H,1-12H3;;. The van der Waals surface area contributed by atoms with Gasteiger partial charge in [-0.05, 0) is 140 Å². The van der Waals surface area contributed by atoms with Crippen LogP contribution in [0.3, 0.4) is 0 Å². The van der Waals surface area contributed by atoms with E-state index in [1.807, 2.05) is 239 Å². The van der Waals surface area contributed by atoms with Gasteiger partial charge in [-0.2, -0.15) is 0 Å². The normalized spacial score (nSPS) is 18.5. The number of aromatic hydroxyl groups is 4. The van der Waals surface area contributed by atoms with Crippen LogP contribution in [0.2, 0.25) is 0 Å². The minimum absolute atomic E-state index is 0. The summed E-state index contributed by atoms with van der Waals surface area (Å²) in [7, 11) is 0. The molecule has 0 spiro atoms. The Morgan fingerprint density at radius 3 is 0.480 bits per heavy atom. The van der Waals surface area contributed by atoms with Gasteiger partial charge in [-0.25, -0.2) is 0 Å². The van der Waals surface area contributed by atoms with Gasteiger partial charge >= 0.3 is 0 Å². The number of phenolic OH excluding ortho intramolecular Hbond substituents is 4. The van der Waals surface area contributed by atoms with Crippen molar-refractivity contribution < 1.29 is 73.7 Å². The number of rotatable bonds is 10. The first kappa shape index (κ1) is 81.1. The van der Waals surface area contributed by atoms with E-state index in [0.29, 0.717) is 66.8 Å². The Morgan fingerprint density at radius 1 is 0.245 bits per heavy atom. The van der Waals surface area contributed by atoms with E-state index in [4.69, 9.17) is 20.0 Å². The Labute approximate surface area is 605 Å². The van der Waals surface area contributed by atoms with Crippen molar-refractivity contribution in [3.8, 4) is 23.0 Å². The van der Waals surface area contributed by atoms with Crippen LogP contribution in [0.15, 0.2) is 210 Å². The van der Waals surface area contributed by atoms with E-state index in [1.165, 1.54) is 0 Å². The molecule has 0 fully saturated rings. The molecule has 530 valence electrons. The summed E-state index contributed by atoms with van der Waals surface area (Å²) in [4.78, 5) is 78.8. The number of nitrogens with zero attached hydrogens (tertiary/aromatic N) is 4. The first-order valence-corrected chi connectivity index (χ1v) is 33.2. The number of carbonyl (C=O) groups is 4. The molecular weight excluding hydrogens is 1320 g/mol. The zero-order valence-corrected chi connectivity index (χ0v) is 63.9. The molecule has 8 rings (SSSR count). The van der Waals surface area contributed by atoms with Crippen molar-refractivity contribution >= 4 is 48.0 Å². The number of Topliss-reactive ketones (excluding diaryl/α,β-unsaturated/α-hetero) is 4. The van der Waals surface area contributed by atoms with Crippen LogP contribution in [0.25, 0.3) is 0 Å². The van der Waals surface area contributed by atoms with Crippen LogP contribution in [-0.2, 0) is 53.3 Å². The molecule has 0 aliphatic heterocycles. The number of aliphatic imine (C=N–C) groups is 4. The topological polar surface area (TPSA) is 199 Å². The SMILES string of the molecule is CC(C)(C)C1=CC(N=Cc2ccccc2O)(C2(N=Cc3ccccc3O)C=C(C(C)(C)C)C(=O)C(C(C)(C)C)=C2)C=C(C(C)(C)C)C1=O.CC(C)(C)C1=CC(N=Cc2ccccc2O)(C2(N=Cc3ccccc3O)C=C(C(C)(C)C)C(=O)C(C(C)(C)C)=C2)C=C(C(C)(C)C)C1=O.[Cu].[Cu]. The van der Waals surface area contributed by atoms with E-state index < -0.39 is 65.5 Å². The summed E-state index contributed by atoms with van der Waals surface area (Å²) < 4.78 is 0. The van der Waals surface area contributed by atoms with Gasteiger partial charge in [0, 0.05) is 126 Å². The summed E-state index contributed by atoms with van der Waals surface area (Å²) >= 11 is 0. The van der Waals surface area contributed by atoms with Gasteiger partial charge in [0.05, 0.1) is 0 Å². The predicted octanol–water partition coefficient (Wildman–Crippen LogP) is 18.3. The summed E-state index contributed by atoms with van der Waals surface area (Å²) in [6.45, 7) is 48.2. The van der Waals surface area contributed by atoms with Crippen molar-refractivity contribution in [2.75, 3.05) is 0 Å². The third-order valence-corrected chi connectivity index (χ3v) is 18.0. The number of phenols is 4. The molecule has 98 heavy (non-hydrogen) atoms. The first-order valence-electron chi connectivity index (χ1n) is 33.2. The smallest absolute Gasteiger partial charge is 0.185 e. The summed E-state index contributed by atoms with van der Waals surface area (Å²) in [5.41, 5.74) is -3.50. The molecule has 0 unspecified atom stereocenters. The van der Waals surface area contributed by atoms with Gasteiger partial charge in [0.25, 0.3) is 0 Å². The van der Waals surface area contributed by atoms with Crippen LogP contribution >= 0.6 is 0 Å². The second-order valence-corrected chi connectivity index (χ2v) is 34.4. The predicted molar refractivity (Wildman–Crippen MR) is 394 cm³/mol. The molecule has 4 aromatic rings. The molecule has 0 atom stereocenters. The van der Waals surface area contributed by atoms with E-state index >= 15 is 0 Å². The van der Waals surface area contributed by atoms with Crippen molar-refractivity contribution in [3.05, 3.63) is 213 Å². The van der Waals surface area contributed by atoms with Crippen LogP contribution in [0, 0.1) is 43.3 Å². The Kier molecular flexibility index (Phi) is 23.6. The van der Waals surface area contributed by atoms with E-state index in [1.54, 1.807) is 97.7 Å². The first-order chi connectivity index (χ1) is 43.8. The summed E-state index contributed by atoms with van der Waals surface area (Å²) in [5, 5.41) is 43.3. The summed E-state index contributed by atoms with van der Waals surface area (Å²) in [6, 6.07) is 27.8. The summed E-state index contributed by atoms with van der Waals surface area (Å²) in [5.74, 6) is 0.00338. The van der Waals surface area contributed by atoms with E-state index in [2.05, 4.69) is 0 Å². The number of allylic oxidation sites excluding steroid dienone is 8. The van der Waals surface area contributed by atoms with Gasteiger partial charge in [-0.1, -0.05) is 215 Å². The fourth-order valence-corrected chi connectivity index (χ4v) is 12.2. The number of ketones is 4. The average Bonchev–Trinajstić information content (AvgIpc) is 0.713. The molecule has 0 aromatic heterocycles. The number of para-hydroxylation sites is 4. The fourth-order valence-electron chi connectivity index (χ4n) is 12.2. The van der Waals surface area contributed by atoms with Crippen molar-refractivity contribution in [3.63, 3.8) is 0 Å². The molecule has 0 bridgehead atoms. The van der Waals surface area contributed by atoms with Crippen molar-refractivity contribution in [1.82, 2.24) is 0 Å². The molecule has 0 amide bonds. The molecule has 4 N–H and O–H groups in total. The average molecular weight is 1420 g/mol. The van der Waals surface area contributed by atoms with E-state index in [9.17, 15) is 39.6 Å². The molecular formula is C84H104Cu2N4O8. The maximum atomic E-state index is 14.4. The molecule has 4 aliphatic carbocycles. The molecule has 0 saturated heterocycles. The number of carbonyl (C=O) groups excluding carboxylic acids is 4. The van der Waals surface area contributed by atoms with Gasteiger partial charge in [-0.3, -0.25) is 39.1 Å². The largest absolute Gasteiger partial charge is 0.507 e. The van der Waals surface area contributed by atoms with Gasteiger partial charge in [0.1, 0.15) is 45.2 Å². The maximum Gasteiger partial charge on any atom is 0.185 e.